The van der Waals surface area contributed by atoms with Crippen LogP contribution in [0.5, 0.6) is 0 Å². The van der Waals surface area contributed by atoms with Crippen molar-refractivity contribution < 1.29 is 14.9 Å². The maximum absolute atomic E-state index is 9.97. The van der Waals surface area contributed by atoms with Crippen LogP contribution in [0.15, 0.2) is 4.99 Å². The average Bonchev–Trinajstić information content (AvgIpc) is 2.69. The normalized spacial score (nSPS) is 45.5. The van der Waals surface area contributed by atoms with Gasteiger partial charge in [0.15, 0.2) is 5.17 Å². The highest BCUT2D eigenvalue weighted by Crippen LogP contribution is 2.33. The molecular formula is C9H17N3O3S. The van der Waals surface area contributed by atoms with Crippen LogP contribution in [-0.2, 0) is 4.74 Å². The second kappa shape index (κ2) is 4.89. The van der Waals surface area contributed by atoms with Crippen molar-refractivity contribution in [2.75, 3.05) is 20.6 Å². The highest BCUT2D eigenvalue weighted by Gasteiger charge is 2.48. The first-order valence-electron chi connectivity index (χ1n) is 5.23. The summed E-state index contributed by atoms with van der Waals surface area (Å²) in [5.41, 5.74) is -0.185. The molecule has 4 N–H and O–H groups in total. The van der Waals surface area contributed by atoms with Gasteiger partial charge in [-0.2, -0.15) is 0 Å². The van der Waals surface area contributed by atoms with Gasteiger partial charge in [-0.05, 0) is 7.05 Å². The van der Waals surface area contributed by atoms with E-state index in [2.05, 4.69) is 15.6 Å². The maximum Gasteiger partial charge on any atom is 0.159 e. The minimum Gasteiger partial charge on any atom is -0.388 e. The first-order valence-corrected chi connectivity index (χ1v) is 6.11. The van der Waals surface area contributed by atoms with E-state index >= 15 is 0 Å². The Labute approximate surface area is 98.5 Å². The molecule has 2 aliphatic rings. The summed E-state index contributed by atoms with van der Waals surface area (Å²) in [5.74, 6) is 0. The SMILES string of the molecule is CN=C1N[C@@H]2C(O)[C@H](O)C(CNC)O[C@@H]2S1. The zero-order valence-electron chi connectivity index (χ0n) is 9.25. The zero-order valence-corrected chi connectivity index (χ0v) is 10.1. The number of fused-ring (bicyclic) bond motifs is 1. The lowest BCUT2D eigenvalue weighted by Gasteiger charge is -2.38. The number of ether oxygens (including phenoxy) is 1. The Bertz CT molecular complexity index is 289. The van der Waals surface area contributed by atoms with Crippen LogP contribution >= 0.6 is 11.8 Å². The number of amidine groups is 1. The van der Waals surface area contributed by atoms with E-state index in [9.17, 15) is 10.2 Å². The molecule has 2 rings (SSSR count). The number of aliphatic hydroxyl groups excluding tert-OH is 2. The van der Waals surface area contributed by atoms with E-state index in [1.54, 1.807) is 14.1 Å². The van der Waals surface area contributed by atoms with E-state index in [1.165, 1.54) is 11.8 Å². The summed E-state index contributed by atoms with van der Waals surface area (Å²) in [4.78, 5) is 4.02. The van der Waals surface area contributed by atoms with Crippen LogP contribution in [0.1, 0.15) is 0 Å². The topological polar surface area (TPSA) is 86.1 Å². The highest BCUT2D eigenvalue weighted by atomic mass is 32.2. The number of hydrogen-bond acceptors (Lipinski definition) is 6. The van der Waals surface area contributed by atoms with Crippen molar-refractivity contribution in [1.82, 2.24) is 10.6 Å². The molecule has 0 bridgehead atoms. The smallest absolute Gasteiger partial charge is 0.159 e. The number of aliphatic hydroxyl groups is 2. The second-order valence-corrected chi connectivity index (χ2v) is 4.99. The van der Waals surface area contributed by atoms with Crippen LogP contribution < -0.4 is 10.6 Å². The third-order valence-electron chi connectivity index (χ3n) is 2.83. The summed E-state index contributed by atoms with van der Waals surface area (Å²) in [6.45, 7) is 0.514. The monoisotopic (exact) mass is 247 g/mol. The van der Waals surface area contributed by atoms with E-state index < -0.39 is 12.2 Å². The minimum atomic E-state index is -0.877. The minimum absolute atomic E-state index is 0.185. The molecule has 92 valence electrons. The van der Waals surface area contributed by atoms with E-state index in [1.807, 2.05) is 0 Å². The first-order chi connectivity index (χ1) is 7.67. The quantitative estimate of drug-likeness (QED) is 0.467. The van der Waals surface area contributed by atoms with Crippen LogP contribution in [0.3, 0.4) is 0 Å². The van der Waals surface area contributed by atoms with Gasteiger partial charge in [0.25, 0.3) is 0 Å². The molecule has 0 spiro atoms. The fraction of sp³-hybridized carbons (Fsp3) is 0.889. The molecule has 2 aliphatic heterocycles. The number of nitrogens with zero attached hydrogens (tertiary/aromatic N) is 1. The molecule has 2 fully saturated rings. The Morgan fingerprint density at radius 3 is 2.88 bits per heavy atom. The third kappa shape index (κ3) is 2.05. The number of likely N-dealkylation sites (N-methyl/N-ethyl adjacent to an activating group) is 1. The molecule has 0 amide bonds. The van der Waals surface area contributed by atoms with Crippen LogP contribution in [0, 0.1) is 0 Å². The summed E-state index contributed by atoms with van der Waals surface area (Å²) in [6.07, 6.45) is -2.09. The van der Waals surface area contributed by atoms with Crippen molar-refractivity contribution in [3.05, 3.63) is 0 Å². The lowest BCUT2D eigenvalue weighted by molar-refractivity contribution is -0.153. The van der Waals surface area contributed by atoms with E-state index in [-0.39, 0.29) is 17.6 Å². The molecule has 16 heavy (non-hydrogen) atoms. The zero-order chi connectivity index (χ0) is 11.7. The van der Waals surface area contributed by atoms with E-state index in [0.29, 0.717) is 6.54 Å². The molecule has 6 nitrogen and oxygen atoms in total. The Morgan fingerprint density at radius 2 is 2.25 bits per heavy atom. The number of rotatable bonds is 2. The van der Waals surface area contributed by atoms with Gasteiger partial charge in [0.2, 0.25) is 0 Å². The van der Waals surface area contributed by atoms with Crippen LogP contribution in [0.25, 0.3) is 0 Å². The molecule has 2 saturated heterocycles. The van der Waals surface area contributed by atoms with Crippen LogP contribution in [-0.4, -0.2) is 65.8 Å². The molecule has 7 heteroatoms. The van der Waals surface area contributed by atoms with Crippen molar-refractivity contribution in [1.29, 1.82) is 0 Å². The van der Waals surface area contributed by atoms with Gasteiger partial charge < -0.3 is 25.6 Å². The maximum atomic E-state index is 9.97. The fourth-order valence-corrected chi connectivity index (χ4v) is 3.06. The first kappa shape index (κ1) is 12.1. The lowest BCUT2D eigenvalue weighted by atomic mass is 9.98. The Balaban J connectivity index is 2.09. The average molecular weight is 247 g/mol. The van der Waals surface area contributed by atoms with Crippen LogP contribution in [0.2, 0.25) is 0 Å². The lowest BCUT2D eigenvalue weighted by Crippen LogP contribution is -2.60. The standard InChI is InChI=1S/C9H17N3O3S/c1-10-3-4-6(13)7(14)5-8(15-4)16-9(11-2)12-5/h4-8,10,13-14H,3H2,1-2H3,(H,11,12)/t4?,5-,6-,7?,8-/m1/s1. The number of hydrogen-bond donors (Lipinski definition) is 4. The summed E-state index contributed by atoms with van der Waals surface area (Å²) in [5, 5.41) is 26.6. The highest BCUT2D eigenvalue weighted by molar-refractivity contribution is 8.14. The molecule has 2 unspecified atom stereocenters. The Hall–Kier alpha value is -0.340. The molecule has 0 aromatic carbocycles. The summed E-state index contributed by atoms with van der Waals surface area (Å²) in [7, 11) is 3.47. The molecule has 2 heterocycles. The van der Waals surface area contributed by atoms with Gasteiger partial charge in [0.1, 0.15) is 23.7 Å². The van der Waals surface area contributed by atoms with Crippen molar-refractivity contribution in [3.63, 3.8) is 0 Å². The number of thioether (sulfide) groups is 1. The van der Waals surface area contributed by atoms with Gasteiger partial charge in [-0.15, -0.1) is 0 Å². The van der Waals surface area contributed by atoms with Crippen LogP contribution in [0.4, 0.5) is 0 Å². The van der Waals surface area contributed by atoms with Crippen molar-refractivity contribution in [2.24, 2.45) is 4.99 Å². The molecule has 0 aromatic rings. The van der Waals surface area contributed by atoms with Gasteiger partial charge in [-0.1, -0.05) is 11.8 Å². The summed E-state index contributed by atoms with van der Waals surface area (Å²) < 4.78 is 5.71. The van der Waals surface area contributed by atoms with E-state index in [0.717, 1.165) is 5.17 Å². The van der Waals surface area contributed by atoms with Crippen molar-refractivity contribution in [3.8, 4) is 0 Å². The molecule has 0 saturated carbocycles. The molecular weight excluding hydrogens is 230 g/mol. The van der Waals surface area contributed by atoms with Gasteiger partial charge in [0.05, 0.1) is 6.04 Å². The van der Waals surface area contributed by atoms with Crippen molar-refractivity contribution >= 4 is 16.9 Å². The van der Waals surface area contributed by atoms with Gasteiger partial charge in [-0.25, -0.2) is 0 Å². The predicted molar refractivity (Wildman–Crippen MR) is 62.5 cm³/mol. The van der Waals surface area contributed by atoms with Gasteiger partial charge >= 0.3 is 0 Å². The fourth-order valence-electron chi connectivity index (χ4n) is 1.96. The third-order valence-corrected chi connectivity index (χ3v) is 3.99. The van der Waals surface area contributed by atoms with E-state index in [4.69, 9.17) is 4.74 Å². The van der Waals surface area contributed by atoms with Gasteiger partial charge in [-0.3, -0.25) is 4.99 Å². The molecule has 0 aromatic heterocycles. The second-order valence-electron chi connectivity index (χ2n) is 3.90. The predicted octanol–water partition coefficient (Wildman–Crippen LogP) is -1.66. The Kier molecular flexibility index (Phi) is 3.70. The van der Waals surface area contributed by atoms with Gasteiger partial charge in [0, 0.05) is 13.6 Å². The van der Waals surface area contributed by atoms with Crippen molar-refractivity contribution in [2.45, 2.75) is 29.8 Å². The summed E-state index contributed by atoms with van der Waals surface area (Å²) in [6, 6.07) is -0.285. The number of aliphatic imine (C=N–C) groups is 1. The molecule has 0 aliphatic carbocycles. The largest absolute Gasteiger partial charge is 0.388 e. The number of nitrogens with one attached hydrogen (secondary N) is 2. The molecule has 0 radical (unpaired) electrons. The summed E-state index contributed by atoms with van der Waals surface area (Å²) >= 11 is 1.45. The Morgan fingerprint density at radius 1 is 1.50 bits per heavy atom. The molecule has 5 atom stereocenters.